The molecule has 0 saturated heterocycles. The minimum Gasteiger partial charge on any atom is -0.395 e. The lowest BCUT2D eigenvalue weighted by molar-refractivity contribution is 0.293. The average molecular weight is 168 g/mol. The summed E-state index contributed by atoms with van der Waals surface area (Å²) in [4.78, 5) is 0. The highest BCUT2D eigenvalue weighted by Gasteiger charge is 1.99. The molecule has 0 fully saturated rings. The molecule has 0 rings (SSSR count). The van der Waals surface area contributed by atoms with Crippen LogP contribution in [0.3, 0.4) is 0 Å². The Balaban J connectivity index is 3.21. The minimum absolute atomic E-state index is 0.00458. The fraction of sp³-hybridized carbons (Fsp3) is 1.00. The van der Waals surface area contributed by atoms with Gasteiger partial charge in [-0.25, -0.2) is 13.6 Å². The Labute approximate surface area is 60.3 Å². The summed E-state index contributed by atoms with van der Waals surface area (Å²) >= 11 is 0. The summed E-state index contributed by atoms with van der Waals surface area (Å²) < 4.78 is 20.5. The molecule has 0 unspecified atom stereocenters. The van der Waals surface area contributed by atoms with Crippen molar-refractivity contribution >= 4 is 10.0 Å². The number of hydrogen-bond donors (Lipinski definition) is 3. The number of primary sulfonamides is 1. The molecule has 0 aliphatic rings. The molecule has 0 aromatic heterocycles. The lowest BCUT2D eigenvalue weighted by atomic mass is 10.6. The largest absolute Gasteiger partial charge is 0.395 e. The van der Waals surface area contributed by atoms with Gasteiger partial charge in [-0.15, -0.1) is 0 Å². The number of hydrogen-bond acceptors (Lipinski definition) is 4. The van der Waals surface area contributed by atoms with Crippen molar-refractivity contribution in [3.8, 4) is 0 Å². The zero-order valence-corrected chi connectivity index (χ0v) is 6.39. The van der Waals surface area contributed by atoms with E-state index >= 15 is 0 Å². The molecule has 62 valence electrons. The molecule has 0 aliphatic heterocycles. The van der Waals surface area contributed by atoms with Crippen molar-refractivity contribution in [3.63, 3.8) is 0 Å². The molecule has 0 bridgehead atoms. The van der Waals surface area contributed by atoms with E-state index in [0.717, 1.165) is 0 Å². The minimum atomic E-state index is -3.35. The van der Waals surface area contributed by atoms with Gasteiger partial charge in [0.2, 0.25) is 10.0 Å². The third-order valence-electron chi connectivity index (χ3n) is 0.852. The molecule has 0 aromatic rings. The predicted molar refractivity (Wildman–Crippen MR) is 37.9 cm³/mol. The predicted octanol–water partition coefficient (Wildman–Crippen LogP) is -2.14. The Bertz CT molecular complexity index is 165. The molecule has 0 spiro atoms. The maximum Gasteiger partial charge on any atom is 0.210 e. The van der Waals surface area contributed by atoms with Crippen LogP contribution in [0.1, 0.15) is 0 Å². The molecule has 0 aliphatic carbocycles. The lowest BCUT2D eigenvalue weighted by Crippen LogP contribution is -2.28. The van der Waals surface area contributed by atoms with Gasteiger partial charge in [0.15, 0.2) is 0 Å². The zero-order chi connectivity index (χ0) is 8.04. The first-order valence-electron chi connectivity index (χ1n) is 2.88. The maximum absolute atomic E-state index is 10.3. The van der Waals surface area contributed by atoms with Crippen LogP contribution >= 0.6 is 0 Å². The van der Waals surface area contributed by atoms with Crippen LogP contribution in [0.2, 0.25) is 0 Å². The molecule has 6 heteroatoms. The summed E-state index contributed by atoms with van der Waals surface area (Å²) in [6.45, 7) is 0.694. The lowest BCUT2D eigenvalue weighted by Gasteiger charge is -1.99. The van der Waals surface area contributed by atoms with Crippen molar-refractivity contribution in [1.29, 1.82) is 0 Å². The maximum atomic E-state index is 10.3. The third-order valence-corrected chi connectivity index (χ3v) is 1.63. The summed E-state index contributed by atoms with van der Waals surface area (Å²) in [6, 6.07) is 0. The fourth-order valence-corrected chi connectivity index (χ4v) is 0.847. The van der Waals surface area contributed by atoms with Gasteiger partial charge < -0.3 is 10.4 Å². The van der Waals surface area contributed by atoms with Crippen molar-refractivity contribution in [2.24, 2.45) is 5.14 Å². The quantitative estimate of drug-likeness (QED) is 0.408. The molecule has 4 N–H and O–H groups in total. The summed E-state index contributed by atoms with van der Waals surface area (Å²) in [6.07, 6.45) is 0. The summed E-state index contributed by atoms with van der Waals surface area (Å²) in [5, 5.41) is 15.6. The van der Waals surface area contributed by atoms with Gasteiger partial charge in [-0.2, -0.15) is 0 Å². The average Bonchev–Trinajstić information content (AvgIpc) is 1.78. The summed E-state index contributed by atoms with van der Waals surface area (Å²) in [5.41, 5.74) is 0. The first-order chi connectivity index (χ1) is 4.56. The molecule has 0 heterocycles. The zero-order valence-electron chi connectivity index (χ0n) is 5.58. The number of aliphatic hydroxyl groups excluding tert-OH is 1. The van der Waals surface area contributed by atoms with E-state index in [1.165, 1.54) is 0 Å². The van der Waals surface area contributed by atoms with Crippen molar-refractivity contribution in [1.82, 2.24) is 5.32 Å². The van der Waals surface area contributed by atoms with Gasteiger partial charge in [-0.3, -0.25) is 0 Å². The molecule has 5 nitrogen and oxygen atoms in total. The first kappa shape index (κ1) is 9.83. The van der Waals surface area contributed by atoms with Gasteiger partial charge in [0.1, 0.15) is 0 Å². The molecule has 0 aromatic carbocycles. The van der Waals surface area contributed by atoms with E-state index in [2.05, 4.69) is 10.5 Å². The normalized spacial score (nSPS) is 11.8. The monoisotopic (exact) mass is 168 g/mol. The highest BCUT2D eigenvalue weighted by atomic mass is 32.2. The second-order valence-corrected chi connectivity index (χ2v) is 3.57. The van der Waals surface area contributed by atoms with Gasteiger partial charge in [-0.1, -0.05) is 0 Å². The highest BCUT2D eigenvalue weighted by molar-refractivity contribution is 7.89. The SMILES string of the molecule is NS(=O)(=O)CCNCCO. The van der Waals surface area contributed by atoms with Crippen LogP contribution in [-0.4, -0.2) is 39.0 Å². The van der Waals surface area contributed by atoms with Crippen LogP contribution in [0.25, 0.3) is 0 Å². The molecule has 0 saturated carbocycles. The first-order valence-corrected chi connectivity index (χ1v) is 4.60. The van der Waals surface area contributed by atoms with Crippen LogP contribution < -0.4 is 10.5 Å². The van der Waals surface area contributed by atoms with Crippen molar-refractivity contribution in [3.05, 3.63) is 0 Å². The van der Waals surface area contributed by atoms with Crippen LogP contribution in [0.15, 0.2) is 0 Å². The van der Waals surface area contributed by atoms with E-state index in [4.69, 9.17) is 5.11 Å². The number of rotatable bonds is 5. The Morgan fingerprint density at radius 2 is 2.00 bits per heavy atom. The van der Waals surface area contributed by atoms with E-state index in [0.29, 0.717) is 13.1 Å². The number of nitrogens with one attached hydrogen (secondary N) is 1. The van der Waals surface area contributed by atoms with E-state index in [-0.39, 0.29) is 12.4 Å². The van der Waals surface area contributed by atoms with Gasteiger partial charge >= 0.3 is 0 Å². The molecule has 0 atom stereocenters. The molecular formula is C4H12N2O3S. The second kappa shape index (κ2) is 4.62. The van der Waals surface area contributed by atoms with Crippen LogP contribution in [0, 0.1) is 0 Å². The summed E-state index contributed by atoms with van der Waals surface area (Å²) in [7, 11) is -3.35. The van der Waals surface area contributed by atoms with Gasteiger partial charge in [0.25, 0.3) is 0 Å². The van der Waals surface area contributed by atoms with Crippen molar-refractivity contribution in [2.45, 2.75) is 0 Å². The molecule has 0 radical (unpaired) electrons. The Morgan fingerprint density at radius 3 is 2.40 bits per heavy atom. The highest BCUT2D eigenvalue weighted by Crippen LogP contribution is 1.72. The fourth-order valence-electron chi connectivity index (χ4n) is 0.418. The van der Waals surface area contributed by atoms with Crippen LogP contribution in [0.4, 0.5) is 0 Å². The topological polar surface area (TPSA) is 92.4 Å². The van der Waals surface area contributed by atoms with E-state index in [9.17, 15) is 8.42 Å². The van der Waals surface area contributed by atoms with Crippen LogP contribution in [-0.2, 0) is 10.0 Å². The molecule has 10 heavy (non-hydrogen) atoms. The van der Waals surface area contributed by atoms with E-state index in [1.54, 1.807) is 0 Å². The standard InChI is InChI=1S/C4H12N2O3S/c5-10(8,9)4-2-6-1-3-7/h6-7H,1-4H2,(H2,5,8,9). The third kappa shape index (κ3) is 7.83. The van der Waals surface area contributed by atoms with Gasteiger partial charge in [-0.05, 0) is 0 Å². The van der Waals surface area contributed by atoms with E-state index < -0.39 is 10.0 Å². The van der Waals surface area contributed by atoms with E-state index in [1.807, 2.05) is 0 Å². The Morgan fingerprint density at radius 1 is 1.40 bits per heavy atom. The molecule has 0 amide bonds. The van der Waals surface area contributed by atoms with Crippen molar-refractivity contribution in [2.75, 3.05) is 25.4 Å². The smallest absolute Gasteiger partial charge is 0.210 e. The number of aliphatic hydroxyl groups is 1. The number of sulfonamides is 1. The Hall–Kier alpha value is -0.170. The van der Waals surface area contributed by atoms with Gasteiger partial charge in [0.05, 0.1) is 12.4 Å². The van der Waals surface area contributed by atoms with Crippen molar-refractivity contribution < 1.29 is 13.5 Å². The number of nitrogens with two attached hydrogens (primary N) is 1. The van der Waals surface area contributed by atoms with Gasteiger partial charge in [0, 0.05) is 13.1 Å². The Kier molecular flexibility index (Phi) is 4.54. The summed E-state index contributed by atoms with van der Waals surface area (Å²) in [5.74, 6) is -0.0903. The molecular weight excluding hydrogens is 156 g/mol. The van der Waals surface area contributed by atoms with Crippen LogP contribution in [0.5, 0.6) is 0 Å². The second-order valence-electron chi connectivity index (χ2n) is 1.84.